The Morgan fingerprint density at radius 2 is 1.88 bits per heavy atom. The number of hydrogen-bond donors (Lipinski definition) is 1. The van der Waals surface area contributed by atoms with Gasteiger partial charge in [-0.2, -0.15) is 0 Å². The Labute approximate surface area is 102 Å². The van der Waals surface area contributed by atoms with Gasteiger partial charge in [0.25, 0.3) is 0 Å². The fourth-order valence-electron chi connectivity index (χ4n) is 3.15. The van der Waals surface area contributed by atoms with Crippen molar-refractivity contribution in [2.75, 3.05) is 0 Å². The molecule has 0 spiro atoms. The molecule has 1 N–H and O–H groups in total. The molecule has 1 heterocycles. The monoisotopic (exact) mass is 236 g/mol. The smallest absolute Gasteiger partial charge is 0.311 e. The first-order valence-electron chi connectivity index (χ1n) is 6.07. The predicted molar refractivity (Wildman–Crippen MR) is 65.2 cm³/mol. The number of aliphatic hydroxyl groups is 1. The number of carbonyl (C=O) groups excluding carboxylic acids is 1. The second-order valence-corrected chi connectivity index (χ2v) is 5.91. The highest BCUT2D eigenvalue weighted by Crippen LogP contribution is 2.51. The van der Waals surface area contributed by atoms with Crippen LogP contribution < -0.4 is 0 Å². The van der Waals surface area contributed by atoms with Gasteiger partial charge in [-0.1, -0.05) is 20.8 Å². The number of hydrogen-bond acceptors (Lipinski definition) is 3. The third-order valence-corrected chi connectivity index (χ3v) is 4.20. The SMILES string of the molecule is CC1=C(O)C(C)C2C(=C1C)OC(=O)CC2(C)C. The number of carbonyl (C=O) groups is 1. The van der Waals surface area contributed by atoms with Crippen LogP contribution in [-0.2, 0) is 9.53 Å². The van der Waals surface area contributed by atoms with Gasteiger partial charge in [0.15, 0.2) is 0 Å². The summed E-state index contributed by atoms with van der Waals surface area (Å²) in [5, 5.41) is 10.2. The van der Waals surface area contributed by atoms with E-state index in [1.165, 1.54) is 0 Å². The molecule has 3 nitrogen and oxygen atoms in total. The zero-order valence-electron chi connectivity index (χ0n) is 11.1. The van der Waals surface area contributed by atoms with Gasteiger partial charge >= 0.3 is 5.97 Å². The third kappa shape index (κ3) is 1.68. The van der Waals surface area contributed by atoms with E-state index in [1.807, 2.05) is 20.8 Å². The maximum atomic E-state index is 11.6. The number of ether oxygens (including phenoxy) is 1. The summed E-state index contributed by atoms with van der Waals surface area (Å²) in [6, 6.07) is 0. The number of rotatable bonds is 0. The normalized spacial score (nSPS) is 32.4. The zero-order chi connectivity index (χ0) is 13.0. The van der Waals surface area contributed by atoms with Gasteiger partial charge in [0.2, 0.25) is 0 Å². The van der Waals surface area contributed by atoms with E-state index < -0.39 is 0 Å². The Morgan fingerprint density at radius 1 is 1.29 bits per heavy atom. The third-order valence-electron chi connectivity index (χ3n) is 4.20. The van der Waals surface area contributed by atoms with Gasteiger partial charge in [0.05, 0.1) is 12.2 Å². The lowest BCUT2D eigenvalue weighted by molar-refractivity contribution is -0.151. The molecule has 1 fully saturated rings. The van der Waals surface area contributed by atoms with Crippen LogP contribution in [0.3, 0.4) is 0 Å². The fourth-order valence-corrected chi connectivity index (χ4v) is 3.15. The summed E-state index contributed by atoms with van der Waals surface area (Å²) in [5.41, 5.74) is 1.58. The molecule has 0 saturated carbocycles. The van der Waals surface area contributed by atoms with Crippen molar-refractivity contribution in [3.05, 3.63) is 22.7 Å². The van der Waals surface area contributed by atoms with Crippen LogP contribution in [0.2, 0.25) is 0 Å². The summed E-state index contributed by atoms with van der Waals surface area (Å²) in [7, 11) is 0. The number of aliphatic hydroxyl groups excluding tert-OH is 1. The number of fused-ring (bicyclic) bond motifs is 1. The average Bonchev–Trinajstić information content (AvgIpc) is 2.21. The molecule has 0 radical (unpaired) electrons. The summed E-state index contributed by atoms with van der Waals surface area (Å²) in [5.74, 6) is 1.12. The number of esters is 1. The fraction of sp³-hybridized carbons (Fsp3) is 0.643. The maximum Gasteiger partial charge on any atom is 0.311 e. The second-order valence-electron chi connectivity index (χ2n) is 5.91. The molecule has 2 atom stereocenters. The summed E-state index contributed by atoms with van der Waals surface area (Å²) in [4.78, 5) is 11.6. The van der Waals surface area contributed by atoms with Gasteiger partial charge in [0, 0.05) is 11.8 Å². The highest BCUT2D eigenvalue weighted by Gasteiger charge is 2.48. The molecular weight excluding hydrogens is 216 g/mol. The quantitative estimate of drug-likeness (QED) is 0.656. The van der Waals surface area contributed by atoms with E-state index in [2.05, 4.69) is 13.8 Å². The minimum atomic E-state index is -0.167. The maximum absolute atomic E-state index is 11.6. The second kappa shape index (κ2) is 3.62. The van der Waals surface area contributed by atoms with Crippen molar-refractivity contribution in [1.82, 2.24) is 0 Å². The molecule has 17 heavy (non-hydrogen) atoms. The van der Waals surface area contributed by atoms with Crippen molar-refractivity contribution in [2.45, 2.75) is 41.0 Å². The van der Waals surface area contributed by atoms with Crippen LogP contribution in [-0.4, -0.2) is 11.1 Å². The lowest BCUT2D eigenvalue weighted by Gasteiger charge is -2.45. The minimum absolute atomic E-state index is 0.0109. The Hall–Kier alpha value is -1.25. The standard InChI is InChI=1S/C14H20O3/c1-7-8(2)13-11(9(3)12(7)16)14(4,5)6-10(15)17-13/h9,11,16H,6H2,1-5H3. The lowest BCUT2D eigenvalue weighted by Crippen LogP contribution is -2.42. The molecule has 2 unspecified atom stereocenters. The Balaban J connectivity index is 2.58. The molecule has 0 aromatic heterocycles. The summed E-state index contributed by atoms with van der Waals surface area (Å²) in [6.07, 6.45) is 0.408. The Bertz CT molecular complexity index is 440. The zero-order valence-corrected chi connectivity index (χ0v) is 11.1. The summed E-state index contributed by atoms with van der Waals surface area (Å²) in [6.45, 7) is 9.91. The van der Waals surface area contributed by atoms with E-state index in [-0.39, 0.29) is 23.2 Å². The molecule has 3 heteroatoms. The first-order valence-corrected chi connectivity index (χ1v) is 6.07. The van der Waals surface area contributed by atoms with E-state index in [4.69, 9.17) is 4.74 Å². The molecule has 2 aliphatic rings. The van der Waals surface area contributed by atoms with Gasteiger partial charge in [-0.25, -0.2) is 0 Å². The molecule has 0 bridgehead atoms. The van der Waals surface area contributed by atoms with E-state index in [0.717, 1.165) is 16.9 Å². The van der Waals surface area contributed by atoms with Crippen molar-refractivity contribution in [1.29, 1.82) is 0 Å². The van der Waals surface area contributed by atoms with Crippen LogP contribution in [0.25, 0.3) is 0 Å². The van der Waals surface area contributed by atoms with Crippen LogP contribution in [0.15, 0.2) is 22.7 Å². The van der Waals surface area contributed by atoms with Crippen LogP contribution in [0.1, 0.15) is 41.0 Å². The van der Waals surface area contributed by atoms with Crippen LogP contribution in [0, 0.1) is 17.3 Å². The minimum Gasteiger partial charge on any atom is -0.512 e. The van der Waals surface area contributed by atoms with Gasteiger partial charge in [-0.05, 0) is 30.4 Å². The molecule has 94 valence electrons. The van der Waals surface area contributed by atoms with Crippen molar-refractivity contribution >= 4 is 5.97 Å². The molecule has 1 aliphatic heterocycles. The average molecular weight is 236 g/mol. The topological polar surface area (TPSA) is 46.5 Å². The first-order chi connectivity index (χ1) is 7.75. The van der Waals surface area contributed by atoms with Crippen molar-refractivity contribution < 1.29 is 14.6 Å². The van der Waals surface area contributed by atoms with E-state index in [1.54, 1.807) is 0 Å². The van der Waals surface area contributed by atoms with E-state index >= 15 is 0 Å². The highest BCUT2D eigenvalue weighted by atomic mass is 16.5. The van der Waals surface area contributed by atoms with Gasteiger partial charge in [0.1, 0.15) is 5.76 Å². The molecular formula is C14H20O3. The van der Waals surface area contributed by atoms with E-state index in [0.29, 0.717) is 12.2 Å². The molecule has 1 saturated heterocycles. The van der Waals surface area contributed by atoms with Crippen molar-refractivity contribution in [3.63, 3.8) is 0 Å². The van der Waals surface area contributed by atoms with E-state index in [9.17, 15) is 9.90 Å². The van der Waals surface area contributed by atoms with Gasteiger partial charge in [-0.15, -0.1) is 0 Å². The highest BCUT2D eigenvalue weighted by molar-refractivity contribution is 5.73. The molecule has 2 rings (SSSR count). The van der Waals surface area contributed by atoms with Crippen LogP contribution in [0.4, 0.5) is 0 Å². The Morgan fingerprint density at radius 3 is 2.47 bits per heavy atom. The molecule has 0 aromatic carbocycles. The molecule has 0 aromatic rings. The lowest BCUT2D eigenvalue weighted by atomic mass is 9.64. The van der Waals surface area contributed by atoms with Gasteiger partial charge < -0.3 is 9.84 Å². The largest absolute Gasteiger partial charge is 0.512 e. The Kier molecular flexibility index (Phi) is 2.60. The number of allylic oxidation sites excluding steroid dienone is 4. The van der Waals surface area contributed by atoms with Crippen molar-refractivity contribution in [2.24, 2.45) is 17.3 Å². The molecule has 1 aliphatic carbocycles. The predicted octanol–water partition coefficient (Wildman–Crippen LogP) is 3.33. The summed E-state index contributed by atoms with van der Waals surface area (Å²) >= 11 is 0. The molecule has 0 amide bonds. The first kappa shape index (κ1) is 12.2. The van der Waals surface area contributed by atoms with Crippen molar-refractivity contribution in [3.8, 4) is 0 Å². The van der Waals surface area contributed by atoms with Crippen LogP contribution in [0.5, 0.6) is 0 Å². The summed E-state index contributed by atoms with van der Waals surface area (Å²) < 4.78 is 5.42. The van der Waals surface area contributed by atoms with Gasteiger partial charge in [-0.3, -0.25) is 4.79 Å². The van der Waals surface area contributed by atoms with Crippen LogP contribution >= 0.6 is 0 Å².